The molecule has 1 aromatic heterocycles. The summed E-state index contributed by atoms with van der Waals surface area (Å²) in [6.45, 7) is 3.51. The molecule has 1 heterocycles. The molecule has 0 amide bonds. The number of aryl methyl sites for hydroxylation is 1. The van der Waals surface area contributed by atoms with E-state index in [2.05, 4.69) is 10.3 Å². The predicted octanol–water partition coefficient (Wildman–Crippen LogP) is 3.23. The molecule has 3 nitrogen and oxygen atoms in total. The summed E-state index contributed by atoms with van der Waals surface area (Å²) in [6, 6.07) is 9.99. The summed E-state index contributed by atoms with van der Waals surface area (Å²) in [4.78, 5) is 14.9. The third-order valence-corrected chi connectivity index (χ3v) is 2.85. The van der Waals surface area contributed by atoms with Gasteiger partial charge in [0.2, 0.25) is 0 Å². The Kier molecular flexibility index (Phi) is 3.00. The van der Waals surface area contributed by atoms with Crippen LogP contribution < -0.4 is 5.32 Å². The van der Waals surface area contributed by atoms with Gasteiger partial charge in [-0.2, -0.15) is 0 Å². The van der Waals surface area contributed by atoms with Gasteiger partial charge in [-0.25, -0.2) is 0 Å². The average Bonchev–Trinajstić information content (AvgIpc) is 2.67. The fraction of sp³-hybridized carbons (Fsp3) is 0.214. The number of anilines is 1. The molecule has 2 rings (SSSR count). The largest absolute Gasteiger partial charge is 0.386 e. The van der Waals surface area contributed by atoms with Crippen LogP contribution in [0.5, 0.6) is 0 Å². The van der Waals surface area contributed by atoms with Crippen molar-refractivity contribution in [2.75, 3.05) is 12.4 Å². The van der Waals surface area contributed by atoms with Crippen LogP contribution in [0.3, 0.4) is 0 Å². The molecule has 0 aliphatic heterocycles. The molecule has 0 saturated carbocycles. The SMILES string of the molecule is CNc1c(-c2ccccc2)[nH]c(C)c1C(C)=O. The van der Waals surface area contributed by atoms with Crippen LogP contribution in [-0.4, -0.2) is 17.8 Å². The van der Waals surface area contributed by atoms with Gasteiger partial charge in [-0.15, -0.1) is 0 Å². The molecule has 17 heavy (non-hydrogen) atoms. The van der Waals surface area contributed by atoms with Crippen LogP contribution in [0.4, 0.5) is 5.69 Å². The van der Waals surface area contributed by atoms with Gasteiger partial charge in [0.25, 0.3) is 0 Å². The van der Waals surface area contributed by atoms with Crippen LogP contribution in [0, 0.1) is 6.92 Å². The van der Waals surface area contributed by atoms with Crippen molar-refractivity contribution < 1.29 is 4.79 Å². The molecule has 88 valence electrons. The molecule has 0 unspecified atom stereocenters. The van der Waals surface area contributed by atoms with Crippen molar-refractivity contribution >= 4 is 11.5 Å². The normalized spacial score (nSPS) is 10.3. The summed E-state index contributed by atoms with van der Waals surface area (Å²) >= 11 is 0. The lowest BCUT2D eigenvalue weighted by atomic mass is 10.1. The highest BCUT2D eigenvalue weighted by Gasteiger charge is 2.17. The zero-order valence-corrected chi connectivity index (χ0v) is 10.3. The number of nitrogens with one attached hydrogen (secondary N) is 2. The minimum absolute atomic E-state index is 0.0743. The molecule has 0 aliphatic carbocycles. The van der Waals surface area contributed by atoms with Crippen LogP contribution in [0.25, 0.3) is 11.3 Å². The highest BCUT2D eigenvalue weighted by atomic mass is 16.1. The van der Waals surface area contributed by atoms with Gasteiger partial charge in [0.1, 0.15) is 0 Å². The maximum Gasteiger partial charge on any atom is 0.163 e. The summed E-state index contributed by atoms with van der Waals surface area (Å²) in [5, 5.41) is 3.11. The Balaban J connectivity index is 2.64. The van der Waals surface area contributed by atoms with E-state index in [1.807, 2.05) is 44.3 Å². The fourth-order valence-corrected chi connectivity index (χ4v) is 2.14. The van der Waals surface area contributed by atoms with Gasteiger partial charge in [-0.1, -0.05) is 30.3 Å². The molecule has 0 saturated heterocycles. The summed E-state index contributed by atoms with van der Waals surface area (Å²) in [5.41, 5.74) is 4.57. The zero-order valence-electron chi connectivity index (χ0n) is 10.3. The van der Waals surface area contributed by atoms with Gasteiger partial charge in [0.15, 0.2) is 5.78 Å². The highest BCUT2D eigenvalue weighted by molar-refractivity contribution is 6.04. The minimum atomic E-state index is 0.0743. The maximum absolute atomic E-state index is 11.6. The number of H-pyrrole nitrogens is 1. The molecule has 2 N–H and O–H groups in total. The number of aromatic amines is 1. The quantitative estimate of drug-likeness (QED) is 0.792. The van der Waals surface area contributed by atoms with Crippen molar-refractivity contribution in [3.63, 3.8) is 0 Å². The van der Waals surface area contributed by atoms with Gasteiger partial charge in [0, 0.05) is 18.3 Å². The topological polar surface area (TPSA) is 44.9 Å². The number of carbonyl (C=O) groups is 1. The van der Waals surface area contributed by atoms with E-state index in [9.17, 15) is 4.79 Å². The lowest BCUT2D eigenvalue weighted by molar-refractivity contribution is 0.101. The molecule has 0 aliphatic rings. The second-order valence-corrected chi connectivity index (χ2v) is 4.05. The lowest BCUT2D eigenvalue weighted by Gasteiger charge is -2.05. The Morgan fingerprint density at radius 3 is 2.41 bits per heavy atom. The average molecular weight is 228 g/mol. The van der Waals surface area contributed by atoms with E-state index in [-0.39, 0.29) is 5.78 Å². The second kappa shape index (κ2) is 4.45. The van der Waals surface area contributed by atoms with Crippen LogP contribution in [0.15, 0.2) is 30.3 Å². The monoisotopic (exact) mass is 228 g/mol. The Morgan fingerprint density at radius 1 is 1.24 bits per heavy atom. The molecular formula is C14H16N2O. The van der Waals surface area contributed by atoms with Crippen molar-refractivity contribution in [3.05, 3.63) is 41.6 Å². The number of hydrogen-bond acceptors (Lipinski definition) is 2. The molecule has 0 fully saturated rings. The highest BCUT2D eigenvalue weighted by Crippen LogP contribution is 2.32. The summed E-state index contributed by atoms with van der Waals surface area (Å²) in [7, 11) is 1.83. The van der Waals surface area contributed by atoms with E-state index in [0.29, 0.717) is 0 Å². The first-order valence-electron chi connectivity index (χ1n) is 5.61. The van der Waals surface area contributed by atoms with Gasteiger partial charge < -0.3 is 10.3 Å². The first kappa shape index (κ1) is 11.5. The first-order chi connectivity index (χ1) is 8.15. The molecule has 1 aromatic carbocycles. The van der Waals surface area contributed by atoms with E-state index >= 15 is 0 Å². The van der Waals surface area contributed by atoms with Gasteiger partial charge in [-0.05, 0) is 13.8 Å². The summed E-state index contributed by atoms with van der Waals surface area (Å²) in [6.07, 6.45) is 0. The summed E-state index contributed by atoms with van der Waals surface area (Å²) in [5.74, 6) is 0.0743. The number of Topliss-reactive ketones (excluding diaryl/α,β-unsaturated/α-hetero) is 1. The van der Waals surface area contributed by atoms with Gasteiger partial charge in [0.05, 0.1) is 16.9 Å². The standard InChI is InChI=1S/C14H16N2O/c1-9-12(10(2)17)14(15-3)13(16-9)11-7-5-4-6-8-11/h4-8,15-16H,1-3H3. The third-order valence-electron chi connectivity index (χ3n) is 2.85. The van der Waals surface area contributed by atoms with Crippen LogP contribution in [0.2, 0.25) is 0 Å². The minimum Gasteiger partial charge on any atom is -0.386 e. The Hall–Kier alpha value is -2.03. The van der Waals surface area contributed by atoms with Gasteiger partial charge in [-0.3, -0.25) is 4.79 Å². The summed E-state index contributed by atoms with van der Waals surface area (Å²) < 4.78 is 0. The van der Waals surface area contributed by atoms with E-state index < -0.39 is 0 Å². The van der Waals surface area contributed by atoms with Crippen LogP contribution in [-0.2, 0) is 0 Å². The second-order valence-electron chi connectivity index (χ2n) is 4.05. The van der Waals surface area contributed by atoms with Crippen molar-refractivity contribution in [2.24, 2.45) is 0 Å². The van der Waals surface area contributed by atoms with E-state index in [4.69, 9.17) is 0 Å². The number of aromatic nitrogens is 1. The van der Waals surface area contributed by atoms with Crippen LogP contribution in [0.1, 0.15) is 23.0 Å². The number of ketones is 1. The Morgan fingerprint density at radius 2 is 1.88 bits per heavy atom. The number of hydrogen-bond donors (Lipinski definition) is 2. The maximum atomic E-state index is 11.6. The molecule has 0 bridgehead atoms. The van der Waals surface area contributed by atoms with E-state index in [1.165, 1.54) is 0 Å². The molecule has 0 radical (unpaired) electrons. The number of rotatable bonds is 3. The molecule has 0 atom stereocenters. The Labute approximate surface area is 101 Å². The number of carbonyl (C=O) groups excluding carboxylic acids is 1. The van der Waals surface area contributed by atoms with E-state index in [1.54, 1.807) is 6.92 Å². The predicted molar refractivity (Wildman–Crippen MR) is 70.5 cm³/mol. The zero-order chi connectivity index (χ0) is 12.4. The molecular weight excluding hydrogens is 212 g/mol. The first-order valence-corrected chi connectivity index (χ1v) is 5.61. The molecule has 3 heteroatoms. The van der Waals surface area contributed by atoms with Crippen molar-refractivity contribution in [2.45, 2.75) is 13.8 Å². The lowest BCUT2D eigenvalue weighted by Crippen LogP contribution is -1.99. The van der Waals surface area contributed by atoms with Crippen molar-refractivity contribution in [3.8, 4) is 11.3 Å². The molecule has 2 aromatic rings. The fourth-order valence-electron chi connectivity index (χ4n) is 2.14. The Bertz CT molecular complexity index is 541. The third kappa shape index (κ3) is 1.96. The van der Waals surface area contributed by atoms with Crippen LogP contribution >= 0.6 is 0 Å². The van der Waals surface area contributed by atoms with Crippen molar-refractivity contribution in [1.29, 1.82) is 0 Å². The molecule has 0 spiro atoms. The van der Waals surface area contributed by atoms with Gasteiger partial charge >= 0.3 is 0 Å². The van der Waals surface area contributed by atoms with Crippen molar-refractivity contribution in [1.82, 2.24) is 4.98 Å². The van der Waals surface area contributed by atoms with E-state index in [0.717, 1.165) is 28.2 Å². The number of benzene rings is 1. The smallest absolute Gasteiger partial charge is 0.163 e.